The van der Waals surface area contributed by atoms with Crippen LogP contribution in [0.25, 0.3) is 0 Å². The van der Waals surface area contributed by atoms with E-state index < -0.39 is 12.1 Å². The van der Waals surface area contributed by atoms with Crippen molar-refractivity contribution < 1.29 is 24.5 Å². The third-order valence-corrected chi connectivity index (χ3v) is 10.7. The maximum absolute atomic E-state index is 12.4. The first kappa shape index (κ1) is 49.9. The number of carbonyl (C=O) groups excluding carboxylic acids is 2. The van der Waals surface area contributed by atoms with E-state index in [9.17, 15) is 19.8 Å². The molecule has 3 N–H and O–H groups in total. The molecule has 0 radical (unpaired) electrons. The number of carbonyl (C=O) groups is 2. The number of ether oxygens (including phenoxy) is 1. The van der Waals surface area contributed by atoms with Crippen LogP contribution in [0.1, 0.15) is 251 Å². The highest BCUT2D eigenvalue weighted by Gasteiger charge is 2.20. The molecule has 304 valence electrons. The van der Waals surface area contributed by atoms with Gasteiger partial charge in [0.25, 0.3) is 0 Å². The van der Waals surface area contributed by atoms with Crippen LogP contribution in [-0.2, 0) is 14.3 Å². The van der Waals surface area contributed by atoms with E-state index >= 15 is 0 Å². The van der Waals surface area contributed by atoms with Gasteiger partial charge in [0.15, 0.2) is 0 Å². The van der Waals surface area contributed by atoms with E-state index in [-0.39, 0.29) is 18.5 Å². The molecule has 0 aliphatic heterocycles. The predicted molar refractivity (Wildman–Crippen MR) is 218 cm³/mol. The SMILES string of the molecule is CCCCCCCCCCCCCCC(=O)OCCCCCCCCCCCCCC(=O)NC(CO)C(O)CCCCCCCCCCCCC. The Hall–Kier alpha value is -1.14. The van der Waals surface area contributed by atoms with Crippen LogP contribution in [0.3, 0.4) is 0 Å². The molecule has 0 bridgehead atoms. The Morgan fingerprint density at radius 3 is 1.20 bits per heavy atom. The van der Waals surface area contributed by atoms with Gasteiger partial charge in [0.05, 0.1) is 25.4 Å². The van der Waals surface area contributed by atoms with Crippen molar-refractivity contribution in [2.45, 2.75) is 264 Å². The lowest BCUT2D eigenvalue weighted by Crippen LogP contribution is -2.45. The molecule has 51 heavy (non-hydrogen) atoms. The number of aliphatic hydroxyl groups excluding tert-OH is 2. The number of aliphatic hydroxyl groups is 2. The summed E-state index contributed by atoms with van der Waals surface area (Å²) >= 11 is 0. The maximum atomic E-state index is 12.4. The molecule has 0 spiro atoms. The molecule has 1 amide bonds. The van der Waals surface area contributed by atoms with Gasteiger partial charge >= 0.3 is 5.97 Å². The highest BCUT2D eigenvalue weighted by atomic mass is 16.5. The van der Waals surface area contributed by atoms with Crippen LogP contribution in [0.4, 0.5) is 0 Å². The van der Waals surface area contributed by atoms with Gasteiger partial charge in [0, 0.05) is 12.8 Å². The van der Waals surface area contributed by atoms with Gasteiger partial charge in [-0.25, -0.2) is 0 Å². The number of esters is 1. The average molecular weight is 724 g/mol. The van der Waals surface area contributed by atoms with Gasteiger partial charge in [-0.1, -0.05) is 213 Å². The fourth-order valence-corrected chi connectivity index (χ4v) is 7.11. The highest BCUT2D eigenvalue weighted by molar-refractivity contribution is 5.76. The lowest BCUT2D eigenvalue weighted by Gasteiger charge is -2.22. The van der Waals surface area contributed by atoms with Crippen LogP contribution < -0.4 is 5.32 Å². The minimum Gasteiger partial charge on any atom is -0.466 e. The van der Waals surface area contributed by atoms with Gasteiger partial charge in [-0.05, 0) is 25.7 Å². The maximum Gasteiger partial charge on any atom is 0.305 e. The molecule has 2 unspecified atom stereocenters. The number of hydrogen-bond acceptors (Lipinski definition) is 5. The van der Waals surface area contributed by atoms with Crippen molar-refractivity contribution in [3.8, 4) is 0 Å². The van der Waals surface area contributed by atoms with Crippen LogP contribution in [0.5, 0.6) is 0 Å². The Morgan fingerprint density at radius 2 is 0.804 bits per heavy atom. The average Bonchev–Trinajstić information content (AvgIpc) is 3.13. The van der Waals surface area contributed by atoms with Crippen molar-refractivity contribution in [1.29, 1.82) is 0 Å². The normalized spacial score (nSPS) is 12.6. The zero-order valence-corrected chi connectivity index (χ0v) is 34.4. The summed E-state index contributed by atoms with van der Waals surface area (Å²) in [6.07, 6.45) is 43.4. The highest BCUT2D eigenvalue weighted by Crippen LogP contribution is 2.16. The lowest BCUT2D eigenvalue weighted by molar-refractivity contribution is -0.143. The number of unbranched alkanes of at least 4 members (excludes halogenated alkanes) is 31. The van der Waals surface area contributed by atoms with E-state index in [1.54, 1.807) is 0 Å². The lowest BCUT2D eigenvalue weighted by atomic mass is 10.0. The molecule has 0 aromatic heterocycles. The summed E-state index contributed by atoms with van der Waals surface area (Å²) in [6.45, 7) is 4.90. The Kier molecular flexibility index (Phi) is 40.7. The van der Waals surface area contributed by atoms with Crippen molar-refractivity contribution >= 4 is 11.9 Å². The summed E-state index contributed by atoms with van der Waals surface area (Å²) < 4.78 is 5.44. The first-order valence-corrected chi connectivity index (χ1v) is 22.8. The van der Waals surface area contributed by atoms with Crippen molar-refractivity contribution in [3.63, 3.8) is 0 Å². The third kappa shape index (κ3) is 38.4. The van der Waals surface area contributed by atoms with Gasteiger partial charge in [0.1, 0.15) is 0 Å². The molecular weight excluding hydrogens is 634 g/mol. The van der Waals surface area contributed by atoms with Crippen LogP contribution in [0, 0.1) is 0 Å². The molecule has 6 heteroatoms. The molecule has 0 aromatic carbocycles. The molecule has 6 nitrogen and oxygen atoms in total. The summed E-state index contributed by atoms with van der Waals surface area (Å²) in [5.74, 6) is -0.0673. The number of hydrogen-bond donors (Lipinski definition) is 3. The van der Waals surface area contributed by atoms with E-state index in [1.807, 2.05) is 0 Å². The fraction of sp³-hybridized carbons (Fsp3) is 0.956. The minimum atomic E-state index is -0.672. The first-order chi connectivity index (χ1) is 25.0. The summed E-state index contributed by atoms with van der Waals surface area (Å²) in [4.78, 5) is 24.3. The third-order valence-electron chi connectivity index (χ3n) is 10.7. The van der Waals surface area contributed by atoms with E-state index in [2.05, 4.69) is 19.2 Å². The van der Waals surface area contributed by atoms with Crippen LogP contribution in [0.2, 0.25) is 0 Å². The van der Waals surface area contributed by atoms with Crippen molar-refractivity contribution in [2.75, 3.05) is 13.2 Å². The smallest absolute Gasteiger partial charge is 0.305 e. The molecule has 0 rings (SSSR count). The quantitative estimate of drug-likeness (QED) is 0.0430. The fourth-order valence-electron chi connectivity index (χ4n) is 7.11. The number of nitrogens with one attached hydrogen (secondary N) is 1. The van der Waals surface area contributed by atoms with Crippen molar-refractivity contribution in [3.05, 3.63) is 0 Å². The van der Waals surface area contributed by atoms with E-state index in [1.165, 1.54) is 161 Å². The molecule has 0 aliphatic carbocycles. The van der Waals surface area contributed by atoms with Gasteiger partial charge < -0.3 is 20.3 Å². The van der Waals surface area contributed by atoms with Crippen molar-refractivity contribution in [2.24, 2.45) is 0 Å². The topological polar surface area (TPSA) is 95.9 Å². The van der Waals surface area contributed by atoms with Gasteiger partial charge in [-0.3, -0.25) is 9.59 Å². The number of amides is 1. The van der Waals surface area contributed by atoms with Crippen LogP contribution >= 0.6 is 0 Å². The second-order valence-corrected chi connectivity index (χ2v) is 15.7. The second kappa shape index (κ2) is 41.6. The van der Waals surface area contributed by atoms with Gasteiger partial charge in [-0.15, -0.1) is 0 Å². The standard InChI is InChI=1S/C45H89NO5/c1-3-5-7-9-11-13-15-19-23-27-31-35-39-45(50)51-40-36-32-28-24-20-16-18-22-26-30-34-38-44(49)46-42(41-47)43(48)37-33-29-25-21-17-14-12-10-8-6-4-2/h42-43,47-48H,3-41H2,1-2H3,(H,46,49). The Bertz CT molecular complexity index is 717. The summed E-state index contributed by atoms with van der Waals surface area (Å²) in [5, 5.41) is 23.1. The first-order valence-electron chi connectivity index (χ1n) is 22.8. The Balaban J connectivity index is 3.46. The number of rotatable bonds is 42. The Morgan fingerprint density at radius 1 is 0.471 bits per heavy atom. The largest absolute Gasteiger partial charge is 0.466 e. The Labute approximate surface area is 317 Å². The minimum absolute atomic E-state index is 0.0131. The molecule has 0 heterocycles. The molecular formula is C45H89NO5. The molecule has 0 aliphatic rings. The molecule has 0 saturated heterocycles. The molecule has 0 saturated carbocycles. The van der Waals surface area contributed by atoms with Gasteiger partial charge in [-0.2, -0.15) is 0 Å². The van der Waals surface area contributed by atoms with Crippen LogP contribution in [0.15, 0.2) is 0 Å². The molecule has 2 atom stereocenters. The van der Waals surface area contributed by atoms with E-state index in [0.717, 1.165) is 57.8 Å². The monoisotopic (exact) mass is 724 g/mol. The molecule has 0 fully saturated rings. The summed E-state index contributed by atoms with van der Waals surface area (Å²) in [7, 11) is 0. The van der Waals surface area contributed by atoms with Gasteiger partial charge in [0.2, 0.25) is 5.91 Å². The molecule has 0 aromatic rings. The predicted octanol–water partition coefficient (Wildman–Crippen LogP) is 12.8. The van der Waals surface area contributed by atoms with Crippen LogP contribution in [-0.4, -0.2) is 47.4 Å². The summed E-state index contributed by atoms with van der Waals surface area (Å²) in [6, 6.07) is -0.551. The zero-order valence-electron chi connectivity index (χ0n) is 34.4. The second-order valence-electron chi connectivity index (χ2n) is 15.7. The summed E-state index contributed by atoms with van der Waals surface area (Å²) in [5.41, 5.74) is 0. The van der Waals surface area contributed by atoms with Crippen molar-refractivity contribution in [1.82, 2.24) is 5.32 Å². The van der Waals surface area contributed by atoms with E-state index in [0.29, 0.717) is 25.9 Å². The zero-order chi connectivity index (χ0) is 37.3. The van der Waals surface area contributed by atoms with E-state index in [4.69, 9.17) is 4.74 Å².